The van der Waals surface area contributed by atoms with Gasteiger partial charge in [0.15, 0.2) is 0 Å². The van der Waals surface area contributed by atoms with Crippen LogP contribution in [0.4, 0.5) is 4.79 Å². The predicted octanol–water partition coefficient (Wildman–Crippen LogP) is 3.56. The fourth-order valence-electron chi connectivity index (χ4n) is 4.01. The zero-order valence-corrected chi connectivity index (χ0v) is 17.8. The van der Waals surface area contributed by atoms with Crippen molar-refractivity contribution in [3.63, 3.8) is 0 Å². The van der Waals surface area contributed by atoms with Gasteiger partial charge in [-0.05, 0) is 37.5 Å². The van der Waals surface area contributed by atoms with E-state index >= 15 is 0 Å². The second-order valence-corrected chi connectivity index (χ2v) is 8.22. The van der Waals surface area contributed by atoms with Crippen molar-refractivity contribution in [2.45, 2.75) is 25.7 Å². The van der Waals surface area contributed by atoms with Crippen molar-refractivity contribution in [1.82, 2.24) is 29.6 Å². The van der Waals surface area contributed by atoms with Gasteiger partial charge in [0.1, 0.15) is 5.65 Å². The lowest BCUT2D eigenvalue weighted by molar-refractivity contribution is 0.131. The molecule has 0 saturated carbocycles. The summed E-state index contributed by atoms with van der Waals surface area (Å²) in [6, 6.07) is 6.99. The molecule has 32 heavy (non-hydrogen) atoms. The average Bonchev–Trinajstić information content (AvgIpc) is 3.42. The van der Waals surface area contributed by atoms with E-state index in [0.29, 0.717) is 59.4 Å². The molecule has 0 unspecified atom stereocenters. The quantitative estimate of drug-likeness (QED) is 0.484. The van der Waals surface area contributed by atoms with Gasteiger partial charge in [0.05, 0.1) is 17.5 Å². The molecule has 11 heteroatoms. The zero-order chi connectivity index (χ0) is 22.4. The number of likely N-dealkylation sites (tertiary alicyclic amines) is 1. The number of nitrogens with one attached hydrogen (secondary N) is 1. The third-order valence-corrected chi connectivity index (χ3v) is 6.21. The van der Waals surface area contributed by atoms with Gasteiger partial charge in [-0.2, -0.15) is 10.1 Å². The average molecular weight is 455 g/mol. The fraction of sp³-hybridized carbons (Fsp3) is 0.286. The van der Waals surface area contributed by atoms with Crippen LogP contribution in [0.15, 0.2) is 39.8 Å². The van der Waals surface area contributed by atoms with Crippen LogP contribution in [0.5, 0.6) is 0 Å². The van der Waals surface area contributed by atoms with E-state index in [9.17, 15) is 14.7 Å². The van der Waals surface area contributed by atoms with Crippen LogP contribution in [0, 0.1) is 6.92 Å². The second kappa shape index (κ2) is 7.79. The Bertz CT molecular complexity index is 1380. The first-order valence-corrected chi connectivity index (χ1v) is 10.5. The third-order valence-electron chi connectivity index (χ3n) is 5.80. The van der Waals surface area contributed by atoms with Crippen LogP contribution in [-0.4, -0.2) is 53.9 Å². The summed E-state index contributed by atoms with van der Waals surface area (Å²) in [6.45, 7) is 2.73. The second-order valence-electron chi connectivity index (χ2n) is 7.81. The SMILES string of the molecule is Cc1ccc(-c2nc(-c3cnn4c(C5CCN(C(=O)O)CC5)cc(=O)[nH]c34)no2)cc1Cl. The van der Waals surface area contributed by atoms with E-state index in [0.717, 1.165) is 11.3 Å². The number of benzene rings is 1. The molecule has 5 rings (SSSR count). The number of hydrogen-bond acceptors (Lipinski definition) is 6. The Hall–Kier alpha value is -3.66. The molecule has 4 heterocycles. The van der Waals surface area contributed by atoms with Crippen LogP contribution in [0.1, 0.15) is 30.0 Å². The summed E-state index contributed by atoms with van der Waals surface area (Å²) >= 11 is 6.20. The molecule has 1 aromatic carbocycles. The van der Waals surface area contributed by atoms with E-state index in [1.807, 2.05) is 19.1 Å². The number of nitrogens with zero attached hydrogens (tertiary/aromatic N) is 5. The Balaban J connectivity index is 1.50. The Morgan fingerprint density at radius 2 is 2.06 bits per heavy atom. The van der Waals surface area contributed by atoms with E-state index in [2.05, 4.69) is 20.2 Å². The van der Waals surface area contributed by atoms with Crippen molar-refractivity contribution in [2.24, 2.45) is 0 Å². The fourth-order valence-corrected chi connectivity index (χ4v) is 4.19. The Morgan fingerprint density at radius 3 is 2.78 bits per heavy atom. The van der Waals surface area contributed by atoms with Crippen molar-refractivity contribution in [2.75, 3.05) is 13.1 Å². The first kappa shape index (κ1) is 20.3. The highest BCUT2D eigenvalue weighted by Gasteiger charge is 2.27. The minimum atomic E-state index is -0.927. The summed E-state index contributed by atoms with van der Waals surface area (Å²) in [5.74, 6) is 0.611. The van der Waals surface area contributed by atoms with Gasteiger partial charge in [-0.1, -0.05) is 22.8 Å². The number of carboxylic acid groups (broad SMARTS) is 1. The minimum absolute atomic E-state index is 0.0127. The van der Waals surface area contributed by atoms with Gasteiger partial charge in [-0.3, -0.25) is 4.79 Å². The molecule has 0 aliphatic carbocycles. The number of halogens is 1. The number of amides is 1. The number of aryl methyl sites for hydroxylation is 1. The highest BCUT2D eigenvalue weighted by Crippen LogP contribution is 2.30. The topological polar surface area (TPSA) is 130 Å². The van der Waals surface area contributed by atoms with Crippen molar-refractivity contribution in [3.8, 4) is 22.8 Å². The Labute approximate surface area is 186 Å². The lowest BCUT2D eigenvalue weighted by Gasteiger charge is -2.30. The summed E-state index contributed by atoms with van der Waals surface area (Å²) in [7, 11) is 0. The number of aromatic amines is 1. The first-order chi connectivity index (χ1) is 15.4. The number of carbonyl (C=O) groups is 1. The van der Waals surface area contributed by atoms with Crippen LogP contribution < -0.4 is 5.56 Å². The molecule has 1 aliphatic rings. The summed E-state index contributed by atoms with van der Waals surface area (Å²) in [4.78, 5) is 32.3. The number of fused-ring (bicyclic) bond motifs is 1. The molecule has 10 nitrogen and oxygen atoms in total. The number of hydrogen-bond donors (Lipinski definition) is 2. The maximum absolute atomic E-state index is 12.4. The van der Waals surface area contributed by atoms with Crippen LogP contribution in [0.2, 0.25) is 5.02 Å². The maximum atomic E-state index is 12.4. The predicted molar refractivity (Wildman–Crippen MR) is 116 cm³/mol. The van der Waals surface area contributed by atoms with Crippen molar-refractivity contribution in [1.29, 1.82) is 0 Å². The van der Waals surface area contributed by atoms with Gasteiger partial charge in [0.25, 0.3) is 11.4 Å². The molecule has 4 aromatic rings. The molecule has 0 spiro atoms. The molecular formula is C21H19ClN6O4. The van der Waals surface area contributed by atoms with E-state index < -0.39 is 6.09 Å². The van der Waals surface area contributed by atoms with E-state index in [-0.39, 0.29) is 11.5 Å². The Kier molecular flexibility index (Phi) is 4.93. The summed E-state index contributed by atoms with van der Waals surface area (Å²) < 4.78 is 7.08. The lowest BCUT2D eigenvalue weighted by Crippen LogP contribution is -2.37. The third kappa shape index (κ3) is 3.52. The monoisotopic (exact) mass is 454 g/mol. The summed E-state index contributed by atoms with van der Waals surface area (Å²) in [5, 5.41) is 18.3. The van der Waals surface area contributed by atoms with Gasteiger partial charge in [-0.25, -0.2) is 9.31 Å². The molecule has 3 aromatic heterocycles. The molecule has 0 bridgehead atoms. The molecule has 1 aliphatic heterocycles. The molecule has 1 amide bonds. The molecule has 0 radical (unpaired) electrons. The van der Waals surface area contributed by atoms with E-state index in [1.54, 1.807) is 16.8 Å². The maximum Gasteiger partial charge on any atom is 0.407 e. The smallest absolute Gasteiger partial charge is 0.407 e. The van der Waals surface area contributed by atoms with Gasteiger partial charge in [-0.15, -0.1) is 0 Å². The number of H-pyrrole nitrogens is 1. The minimum Gasteiger partial charge on any atom is -0.465 e. The van der Waals surface area contributed by atoms with E-state index in [1.165, 1.54) is 11.0 Å². The van der Waals surface area contributed by atoms with E-state index in [4.69, 9.17) is 16.1 Å². The van der Waals surface area contributed by atoms with Gasteiger partial charge in [0.2, 0.25) is 5.82 Å². The zero-order valence-electron chi connectivity index (χ0n) is 17.1. The van der Waals surface area contributed by atoms with Crippen LogP contribution >= 0.6 is 11.6 Å². The number of rotatable bonds is 3. The first-order valence-electron chi connectivity index (χ1n) is 10.1. The molecule has 164 valence electrons. The van der Waals surface area contributed by atoms with Crippen molar-refractivity contribution >= 4 is 23.3 Å². The summed E-state index contributed by atoms with van der Waals surface area (Å²) in [5.41, 5.74) is 3.08. The highest BCUT2D eigenvalue weighted by atomic mass is 35.5. The normalized spacial score (nSPS) is 14.9. The Morgan fingerprint density at radius 1 is 1.28 bits per heavy atom. The standard InChI is InChI=1S/C21H19ClN6O4/c1-11-2-3-13(8-15(11)22)20-25-18(26-32-20)14-10-23-28-16(9-17(29)24-19(14)28)12-4-6-27(7-5-12)21(30)31/h2-3,8-10,12H,4-7H2,1H3,(H,24,29)(H,30,31). The van der Waals surface area contributed by atoms with Gasteiger partial charge in [0, 0.05) is 35.7 Å². The van der Waals surface area contributed by atoms with Gasteiger partial charge < -0.3 is 19.5 Å². The van der Waals surface area contributed by atoms with Crippen LogP contribution in [0.25, 0.3) is 28.5 Å². The van der Waals surface area contributed by atoms with Gasteiger partial charge >= 0.3 is 6.09 Å². The van der Waals surface area contributed by atoms with Crippen molar-refractivity contribution < 1.29 is 14.4 Å². The molecule has 2 N–H and O–H groups in total. The van der Waals surface area contributed by atoms with Crippen LogP contribution in [-0.2, 0) is 0 Å². The number of piperidine rings is 1. The highest BCUT2D eigenvalue weighted by molar-refractivity contribution is 6.31. The molecule has 1 saturated heterocycles. The number of aromatic nitrogens is 5. The van der Waals surface area contributed by atoms with Crippen LogP contribution in [0.3, 0.4) is 0 Å². The van der Waals surface area contributed by atoms with Crippen molar-refractivity contribution in [3.05, 3.63) is 57.1 Å². The molecule has 0 atom stereocenters. The lowest BCUT2D eigenvalue weighted by atomic mass is 9.93. The largest absolute Gasteiger partial charge is 0.465 e. The molecule has 1 fully saturated rings. The summed E-state index contributed by atoms with van der Waals surface area (Å²) in [6.07, 6.45) is 1.88. The molecular weight excluding hydrogens is 436 g/mol.